The molecule has 0 aliphatic heterocycles. The summed E-state index contributed by atoms with van der Waals surface area (Å²) in [7, 11) is -3.79. The molecule has 0 atom stereocenters. The molecule has 2 rings (SSSR count). The third-order valence-corrected chi connectivity index (χ3v) is 5.67. The van der Waals surface area contributed by atoms with Gasteiger partial charge in [-0.1, -0.05) is 25.1 Å². The van der Waals surface area contributed by atoms with Crippen molar-refractivity contribution >= 4 is 33.0 Å². The van der Waals surface area contributed by atoms with E-state index in [1.165, 1.54) is 6.07 Å². The van der Waals surface area contributed by atoms with E-state index in [-0.39, 0.29) is 9.77 Å². The number of carbonyl (C=O) groups is 1. The molecule has 0 radical (unpaired) electrons. The number of thiophene rings is 1. The Bertz CT molecular complexity index is 778. The van der Waals surface area contributed by atoms with Crippen LogP contribution < -0.4 is 4.72 Å². The average molecular weight is 325 g/mol. The molecule has 0 unspecified atom stereocenters. The van der Waals surface area contributed by atoms with E-state index < -0.39 is 16.0 Å². The molecule has 1 heterocycles. The van der Waals surface area contributed by atoms with E-state index in [1.807, 2.05) is 19.1 Å². The Morgan fingerprint density at radius 1 is 1.33 bits per heavy atom. The third kappa shape index (κ3) is 3.25. The van der Waals surface area contributed by atoms with Gasteiger partial charge < -0.3 is 5.11 Å². The van der Waals surface area contributed by atoms with Gasteiger partial charge in [0, 0.05) is 4.88 Å². The largest absolute Gasteiger partial charge is 0.477 e. The fourth-order valence-corrected chi connectivity index (χ4v) is 4.50. The number of hydrogen-bond donors (Lipinski definition) is 2. The van der Waals surface area contributed by atoms with E-state index in [0.717, 1.165) is 16.9 Å². The van der Waals surface area contributed by atoms with Crippen LogP contribution in [-0.4, -0.2) is 19.5 Å². The zero-order chi connectivity index (χ0) is 15.6. The van der Waals surface area contributed by atoms with Gasteiger partial charge in [-0.25, -0.2) is 13.2 Å². The van der Waals surface area contributed by atoms with Crippen LogP contribution in [0, 0.1) is 6.92 Å². The lowest BCUT2D eigenvalue weighted by Crippen LogP contribution is -2.14. The smallest absolute Gasteiger partial charge is 0.345 e. The summed E-state index contributed by atoms with van der Waals surface area (Å²) in [6.07, 6.45) is 0.696. The summed E-state index contributed by atoms with van der Waals surface area (Å²) in [6, 6.07) is 8.32. The van der Waals surface area contributed by atoms with Crippen LogP contribution in [-0.2, 0) is 16.4 Å². The Kier molecular flexibility index (Phi) is 4.34. The number of aryl methyl sites for hydroxylation is 2. The van der Waals surface area contributed by atoms with Crippen LogP contribution in [0.15, 0.2) is 35.2 Å². The highest BCUT2D eigenvalue weighted by Crippen LogP contribution is 2.28. The summed E-state index contributed by atoms with van der Waals surface area (Å²) in [5, 5.41) is 8.96. The lowest BCUT2D eigenvalue weighted by atomic mass is 10.1. The van der Waals surface area contributed by atoms with Crippen LogP contribution in [0.4, 0.5) is 5.69 Å². The second-order valence-corrected chi connectivity index (χ2v) is 7.36. The fraction of sp³-hybridized carbons (Fsp3) is 0.214. The van der Waals surface area contributed by atoms with Crippen molar-refractivity contribution in [1.29, 1.82) is 0 Å². The van der Waals surface area contributed by atoms with Crippen molar-refractivity contribution in [2.45, 2.75) is 25.2 Å². The summed E-state index contributed by atoms with van der Waals surface area (Å²) in [5.74, 6) is -1.13. The second-order valence-electron chi connectivity index (χ2n) is 4.45. The minimum absolute atomic E-state index is 0.0100. The average Bonchev–Trinajstić information content (AvgIpc) is 2.82. The maximum Gasteiger partial charge on any atom is 0.345 e. The van der Waals surface area contributed by atoms with Crippen LogP contribution in [0.25, 0.3) is 0 Å². The second kappa shape index (κ2) is 5.87. The molecule has 0 fully saturated rings. The summed E-state index contributed by atoms with van der Waals surface area (Å²) in [4.78, 5) is 11.4. The van der Waals surface area contributed by atoms with Gasteiger partial charge in [0.2, 0.25) is 0 Å². The van der Waals surface area contributed by atoms with Crippen LogP contribution in [0.2, 0.25) is 0 Å². The van der Waals surface area contributed by atoms with Gasteiger partial charge in [0.25, 0.3) is 10.0 Å². The molecule has 0 spiro atoms. The molecular formula is C14H15NO4S2. The van der Waals surface area contributed by atoms with E-state index in [0.29, 0.717) is 17.0 Å². The quantitative estimate of drug-likeness (QED) is 0.884. The first kappa shape index (κ1) is 15.5. The Hall–Kier alpha value is -1.86. The van der Waals surface area contributed by atoms with Gasteiger partial charge in [0.05, 0.1) is 5.69 Å². The first-order valence-corrected chi connectivity index (χ1v) is 8.59. The van der Waals surface area contributed by atoms with Crippen LogP contribution >= 0.6 is 11.3 Å². The van der Waals surface area contributed by atoms with Crippen molar-refractivity contribution in [3.63, 3.8) is 0 Å². The monoisotopic (exact) mass is 325 g/mol. The Balaban J connectivity index is 2.41. The summed E-state index contributed by atoms with van der Waals surface area (Å²) >= 11 is 0.951. The molecular weight excluding hydrogens is 310 g/mol. The number of aromatic carboxylic acids is 1. The molecule has 0 saturated heterocycles. The Morgan fingerprint density at radius 2 is 2.00 bits per heavy atom. The number of anilines is 1. The maximum absolute atomic E-state index is 12.4. The van der Waals surface area contributed by atoms with Gasteiger partial charge in [-0.2, -0.15) is 0 Å². The number of rotatable bonds is 5. The number of carboxylic acid groups (broad SMARTS) is 1. The number of hydrogen-bond acceptors (Lipinski definition) is 4. The van der Waals surface area contributed by atoms with Crippen molar-refractivity contribution in [3.8, 4) is 0 Å². The summed E-state index contributed by atoms with van der Waals surface area (Å²) < 4.78 is 27.4. The standard InChI is InChI=1S/C14H15NO4S2/c1-3-10-6-4-5-7-11(10)15-21(18,19)13-8-12(14(16)17)20-9(13)2/h4-8,15H,3H2,1-2H3,(H,16,17). The molecule has 5 nitrogen and oxygen atoms in total. The van der Waals surface area contributed by atoms with Gasteiger partial charge in [0.1, 0.15) is 9.77 Å². The minimum Gasteiger partial charge on any atom is -0.477 e. The molecule has 0 saturated carbocycles. The highest BCUT2D eigenvalue weighted by molar-refractivity contribution is 7.93. The highest BCUT2D eigenvalue weighted by atomic mass is 32.2. The van der Waals surface area contributed by atoms with Crippen LogP contribution in [0.1, 0.15) is 27.0 Å². The first-order valence-electron chi connectivity index (χ1n) is 6.29. The Morgan fingerprint density at radius 3 is 2.57 bits per heavy atom. The van der Waals surface area contributed by atoms with Gasteiger partial charge in [0.15, 0.2) is 0 Å². The highest BCUT2D eigenvalue weighted by Gasteiger charge is 2.22. The lowest BCUT2D eigenvalue weighted by molar-refractivity contribution is 0.0702. The Labute approximate surface area is 127 Å². The van der Waals surface area contributed by atoms with E-state index in [4.69, 9.17) is 5.11 Å². The number of nitrogens with one attached hydrogen (secondary N) is 1. The lowest BCUT2D eigenvalue weighted by Gasteiger charge is -2.11. The maximum atomic E-state index is 12.4. The molecule has 2 N–H and O–H groups in total. The molecule has 1 aromatic heterocycles. The van der Waals surface area contributed by atoms with Gasteiger partial charge in [-0.05, 0) is 31.0 Å². The van der Waals surface area contributed by atoms with Crippen molar-refractivity contribution < 1.29 is 18.3 Å². The predicted octanol–water partition coefficient (Wildman–Crippen LogP) is 3.12. The SMILES string of the molecule is CCc1ccccc1NS(=O)(=O)c1cc(C(=O)O)sc1C. The fourth-order valence-electron chi connectivity index (χ4n) is 1.97. The molecule has 2 aromatic rings. The van der Waals surface area contributed by atoms with Crippen molar-refractivity contribution in [1.82, 2.24) is 0 Å². The number of carboxylic acids is 1. The van der Waals surface area contributed by atoms with E-state index >= 15 is 0 Å². The zero-order valence-electron chi connectivity index (χ0n) is 11.6. The number of para-hydroxylation sites is 1. The normalized spacial score (nSPS) is 11.3. The van der Waals surface area contributed by atoms with Crippen molar-refractivity contribution in [2.75, 3.05) is 4.72 Å². The molecule has 1 aromatic carbocycles. The minimum atomic E-state index is -3.79. The molecule has 112 valence electrons. The van der Waals surface area contributed by atoms with E-state index in [1.54, 1.807) is 19.1 Å². The van der Waals surface area contributed by atoms with Crippen molar-refractivity contribution in [3.05, 3.63) is 45.6 Å². The molecule has 0 aliphatic carbocycles. The third-order valence-electron chi connectivity index (χ3n) is 3.02. The first-order chi connectivity index (χ1) is 9.85. The topological polar surface area (TPSA) is 83.5 Å². The molecule has 0 amide bonds. The predicted molar refractivity (Wildman–Crippen MR) is 82.6 cm³/mol. The van der Waals surface area contributed by atoms with Crippen LogP contribution in [0.5, 0.6) is 0 Å². The number of benzene rings is 1. The molecule has 0 aliphatic rings. The molecule has 21 heavy (non-hydrogen) atoms. The zero-order valence-corrected chi connectivity index (χ0v) is 13.2. The number of sulfonamides is 1. The van der Waals surface area contributed by atoms with E-state index in [9.17, 15) is 13.2 Å². The van der Waals surface area contributed by atoms with Gasteiger partial charge >= 0.3 is 5.97 Å². The van der Waals surface area contributed by atoms with Crippen molar-refractivity contribution in [2.24, 2.45) is 0 Å². The molecule has 0 bridgehead atoms. The summed E-state index contributed by atoms with van der Waals surface area (Å²) in [6.45, 7) is 3.53. The van der Waals surface area contributed by atoms with Gasteiger partial charge in [-0.3, -0.25) is 4.72 Å². The van der Waals surface area contributed by atoms with Crippen LogP contribution in [0.3, 0.4) is 0 Å². The molecule has 7 heteroatoms. The van der Waals surface area contributed by atoms with Gasteiger partial charge in [-0.15, -0.1) is 11.3 Å². The summed E-state index contributed by atoms with van der Waals surface area (Å²) in [5.41, 5.74) is 1.40. The van der Waals surface area contributed by atoms with E-state index in [2.05, 4.69) is 4.72 Å².